The standard InChI is InChI=1S/C29H46O5/c1-25-11-8-21-27(3,13-10-22(33)28(21,4)15-30)20(25)7-6-17-18(25)14-19(32)24-26(17,2)12-9-23(34)29(24,5)16-31/h14,17,20-24,30-31,33-34H,6-13,15-16H2,1-5H3/t17-,20-,21+,22+,23+,24+,25-,26+,27+,28+,29-/m0/s1. The van der Waals surface area contributed by atoms with Crippen LogP contribution >= 0.6 is 0 Å². The number of rotatable bonds is 2. The van der Waals surface area contributed by atoms with Crippen LogP contribution in [0.2, 0.25) is 0 Å². The summed E-state index contributed by atoms with van der Waals surface area (Å²) in [7, 11) is 0. The van der Waals surface area contributed by atoms with Crippen LogP contribution in [0.3, 0.4) is 0 Å². The van der Waals surface area contributed by atoms with Crippen LogP contribution in [0.1, 0.15) is 86.0 Å². The molecule has 0 saturated heterocycles. The molecule has 5 nitrogen and oxygen atoms in total. The van der Waals surface area contributed by atoms with Crippen LogP contribution < -0.4 is 0 Å². The van der Waals surface area contributed by atoms with Crippen molar-refractivity contribution in [2.24, 2.45) is 50.7 Å². The van der Waals surface area contributed by atoms with Crippen molar-refractivity contribution in [3.05, 3.63) is 11.6 Å². The highest BCUT2D eigenvalue weighted by molar-refractivity contribution is 5.95. The third-order valence-corrected chi connectivity index (χ3v) is 12.7. The molecule has 5 aliphatic carbocycles. The Hall–Kier alpha value is -0.750. The predicted octanol–water partition coefficient (Wildman–Crippen LogP) is 3.87. The van der Waals surface area contributed by atoms with Gasteiger partial charge in [0.25, 0.3) is 0 Å². The molecule has 4 saturated carbocycles. The second-order valence-electron chi connectivity index (χ2n) is 14.1. The fourth-order valence-corrected chi connectivity index (χ4v) is 10.7. The average molecular weight is 475 g/mol. The first-order valence-corrected chi connectivity index (χ1v) is 13.7. The molecule has 0 aromatic rings. The maximum absolute atomic E-state index is 13.8. The van der Waals surface area contributed by atoms with Gasteiger partial charge in [-0.3, -0.25) is 4.79 Å². The van der Waals surface area contributed by atoms with Crippen molar-refractivity contribution in [3.63, 3.8) is 0 Å². The van der Waals surface area contributed by atoms with E-state index in [9.17, 15) is 25.2 Å². The minimum absolute atomic E-state index is 0.0173. The number of hydrogen-bond donors (Lipinski definition) is 4. The molecule has 5 rings (SSSR count). The molecular formula is C29H46O5. The van der Waals surface area contributed by atoms with Crippen molar-refractivity contribution in [2.45, 2.75) is 98.2 Å². The fourth-order valence-electron chi connectivity index (χ4n) is 10.7. The van der Waals surface area contributed by atoms with E-state index in [1.807, 2.05) is 13.0 Å². The molecule has 0 bridgehead atoms. The summed E-state index contributed by atoms with van der Waals surface area (Å²) in [5.74, 6) is 0.739. The van der Waals surface area contributed by atoms with Crippen molar-refractivity contribution in [1.29, 1.82) is 0 Å². The molecule has 34 heavy (non-hydrogen) atoms. The zero-order chi connectivity index (χ0) is 24.9. The minimum atomic E-state index is -0.796. The van der Waals surface area contributed by atoms with E-state index < -0.39 is 23.0 Å². The number of carbonyl (C=O) groups is 1. The van der Waals surface area contributed by atoms with Gasteiger partial charge >= 0.3 is 0 Å². The molecule has 0 heterocycles. The van der Waals surface area contributed by atoms with Gasteiger partial charge in [0.05, 0.1) is 25.4 Å². The molecule has 0 aromatic carbocycles. The van der Waals surface area contributed by atoms with Gasteiger partial charge < -0.3 is 20.4 Å². The Morgan fingerprint density at radius 1 is 0.765 bits per heavy atom. The molecule has 4 fully saturated rings. The molecule has 4 N–H and O–H groups in total. The molecule has 0 spiro atoms. The molecule has 0 aliphatic heterocycles. The summed E-state index contributed by atoms with van der Waals surface area (Å²) in [6, 6.07) is 0. The second kappa shape index (κ2) is 7.63. The van der Waals surface area contributed by atoms with E-state index in [4.69, 9.17) is 0 Å². The second-order valence-corrected chi connectivity index (χ2v) is 14.1. The van der Waals surface area contributed by atoms with Crippen molar-refractivity contribution in [1.82, 2.24) is 0 Å². The van der Waals surface area contributed by atoms with Gasteiger partial charge in [-0.1, -0.05) is 40.2 Å². The van der Waals surface area contributed by atoms with Gasteiger partial charge in [0.15, 0.2) is 5.78 Å². The highest BCUT2D eigenvalue weighted by atomic mass is 16.3. The molecule has 5 aliphatic rings. The van der Waals surface area contributed by atoms with Gasteiger partial charge in [-0.05, 0) is 91.4 Å². The molecular weight excluding hydrogens is 428 g/mol. The molecule has 11 atom stereocenters. The largest absolute Gasteiger partial charge is 0.396 e. The molecule has 0 unspecified atom stereocenters. The third kappa shape index (κ3) is 2.85. The fraction of sp³-hybridized carbons (Fsp3) is 0.897. The highest BCUT2D eigenvalue weighted by Gasteiger charge is 2.68. The van der Waals surface area contributed by atoms with Crippen LogP contribution in [-0.2, 0) is 4.79 Å². The van der Waals surface area contributed by atoms with Crippen LogP contribution in [0, 0.1) is 50.7 Å². The lowest BCUT2D eigenvalue weighted by atomic mass is 9.36. The summed E-state index contributed by atoms with van der Waals surface area (Å²) in [6.45, 7) is 10.9. The third-order valence-electron chi connectivity index (χ3n) is 12.7. The summed E-state index contributed by atoms with van der Waals surface area (Å²) in [5.41, 5.74) is -0.231. The van der Waals surface area contributed by atoms with Crippen molar-refractivity contribution < 1.29 is 25.2 Å². The van der Waals surface area contributed by atoms with Crippen LogP contribution in [0.15, 0.2) is 11.6 Å². The summed E-state index contributed by atoms with van der Waals surface area (Å²) >= 11 is 0. The number of aliphatic hydroxyl groups excluding tert-OH is 4. The van der Waals surface area contributed by atoms with Gasteiger partial charge in [0.2, 0.25) is 0 Å². The number of carbonyl (C=O) groups excluding carboxylic acids is 1. The Morgan fingerprint density at radius 2 is 1.35 bits per heavy atom. The van der Waals surface area contributed by atoms with Gasteiger partial charge in [-0.2, -0.15) is 0 Å². The Kier molecular flexibility index (Phi) is 5.59. The Labute approximate surface area is 205 Å². The highest BCUT2D eigenvalue weighted by Crippen LogP contribution is 2.72. The van der Waals surface area contributed by atoms with Crippen molar-refractivity contribution in [3.8, 4) is 0 Å². The Balaban J connectivity index is 1.58. The number of allylic oxidation sites excluding steroid dienone is 2. The van der Waals surface area contributed by atoms with E-state index in [-0.39, 0.29) is 47.1 Å². The zero-order valence-corrected chi connectivity index (χ0v) is 21.8. The summed E-state index contributed by atoms with van der Waals surface area (Å²) in [4.78, 5) is 13.8. The number of fused-ring (bicyclic) bond motifs is 7. The topological polar surface area (TPSA) is 98.0 Å². The molecule has 0 aromatic heterocycles. The molecule has 0 radical (unpaired) electrons. The first-order chi connectivity index (χ1) is 15.8. The van der Waals surface area contributed by atoms with Crippen LogP contribution in [0.5, 0.6) is 0 Å². The van der Waals surface area contributed by atoms with Crippen LogP contribution in [-0.4, -0.2) is 51.6 Å². The molecule has 192 valence electrons. The lowest BCUT2D eigenvalue weighted by Crippen LogP contribution is -2.65. The van der Waals surface area contributed by atoms with Crippen molar-refractivity contribution in [2.75, 3.05) is 13.2 Å². The van der Waals surface area contributed by atoms with E-state index in [1.54, 1.807) is 0 Å². The summed E-state index contributed by atoms with van der Waals surface area (Å²) < 4.78 is 0. The first kappa shape index (κ1) is 24.9. The number of ketones is 1. The maximum atomic E-state index is 13.8. The van der Waals surface area contributed by atoms with E-state index in [2.05, 4.69) is 27.7 Å². The van der Waals surface area contributed by atoms with E-state index in [0.717, 1.165) is 44.9 Å². The minimum Gasteiger partial charge on any atom is -0.396 e. The summed E-state index contributed by atoms with van der Waals surface area (Å²) in [5, 5.41) is 42.3. The number of hydrogen-bond acceptors (Lipinski definition) is 5. The van der Waals surface area contributed by atoms with Crippen LogP contribution in [0.25, 0.3) is 0 Å². The van der Waals surface area contributed by atoms with Gasteiger partial charge in [0, 0.05) is 16.7 Å². The Morgan fingerprint density at radius 3 is 1.97 bits per heavy atom. The average Bonchev–Trinajstić information content (AvgIpc) is 2.79. The van der Waals surface area contributed by atoms with E-state index in [1.165, 1.54) is 5.57 Å². The Bertz CT molecular complexity index is 899. The lowest BCUT2D eigenvalue weighted by molar-refractivity contribution is -0.200. The zero-order valence-electron chi connectivity index (χ0n) is 21.8. The quantitative estimate of drug-likeness (QED) is 0.487. The van der Waals surface area contributed by atoms with Gasteiger partial charge in [0.1, 0.15) is 0 Å². The lowest BCUT2D eigenvalue weighted by Gasteiger charge is -2.69. The van der Waals surface area contributed by atoms with E-state index >= 15 is 0 Å². The molecule has 0 amide bonds. The van der Waals surface area contributed by atoms with Gasteiger partial charge in [-0.15, -0.1) is 0 Å². The smallest absolute Gasteiger partial charge is 0.160 e. The SMILES string of the molecule is C[C@]12CC[C@@H](O)[C@](C)(CO)[C@@H]1CC[C@@]1(C)C3=CC(=O)[C@@H]4[C@](C)(CC[C@@H](O)[C@]4(C)CO)[C@H]3CC[C@H]21. The monoisotopic (exact) mass is 474 g/mol. The van der Waals surface area contributed by atoms with Crippen molar-refractivity contribution >= 4 is 5.78 Å². The summed E-state index contributed by atoms with van der Waals surface area (Å²) in [6.07, 6.45) is 8.05. The van der Waals surface area contributed by atoms with E-state index in [0.29, 0.717) is 18.3 Å². The normalized spacial score (nSPS) is 57.1. The maximum Gasteiger partial charge on any atom is 0.160 e. The number of aliphatic hydroxyl groups is 4. The first-order valence-electron chi connectivity index (χ1n) is 13.7. The molecule has 5 heteroatoms. The van der Waals surface area contributed by atoms with Crippen LogP contribution in [0.4, 0.5) is 0 Å². The van der Waals surface area contributed by atoms with Gasteiger partial charge in [-0.25, -0.2) is 0 Å². The predicted molar refractivity (Wildman–Crippen MR) is 131 cm³/mol.